The third-order valence-electron chi connectivity index (χ3n) is 2.84. The van der Waals surface area contributed by atoms with Crippen molar-refractivity contribution in [3.8, 4) is 0 Å². The molecule has 0 aromatic heterocycles. The molecule has 13 heavy (non-hydrogen) atoms. The highest BCUT2D eigenvalue weighted by Gasteiger charge is 2.87. The normalized spacial score (nSPS) is 39.8. The lowest BCUT2D eigenvalue weighted by molar-refractivity contribution is -0.150. The average Bonchev–Trinajstić information content (AvgIpc) is 2.50. The molecule has 1 aliphatic heterocycles. The molecule has 2 aliphatic rings. The summed E-state index contributed by atoms with van der Waals surface area (Å²) in [6.45, 7) is 2.23. The molecule has 0 amide bonds. The Bertz CT molecular complexity index is 257. The Morgan fingerprint density at radius 2 is 2.38 bits per heavy atom. The van der Waals surface area contributed by atoms with Gasteiger partial charge in [0.2, 0.25) is 0 Å². The highest BCUT2D eigenvalue weighted by atomic mass is 19.3. The van der Waals surface area contributed by atoms with Crippen LogP contribution in [0.25, 0.3) is 0 Å². The number of esters is 1. The Morgan fingerprint density at radius 3 is 2.85 bits per heavy atom. The molecule has 0 bridgehead atoms. The maximum absolute atomic E-state index is 13.1. The van der Waals surface area contributed by atoms with Gasteiger partial charge in [0, 0.05) is 0 Å². The molecule has 0 aromatic carbocycles. The van der Waals surface area contributed by atoms with Gasteiger partial charge in [-0.05, 0) is 19.9 Å². The van der Waals surface area contributed by atoms with E-state index in [0.717, 1.165) is 0 Å². The van der Waals surface area contributed by atoms with Gasteiger partial charge in [-0.3, -0.25) is 5.32 Å². The van der Waals surface area contributed by atoms with Gasteiger partial charge < -0.3 is 4.74 Å². The standard InChI is InChI=1S/C8H11F2NO2/c1-2-13-6(12)7-5(3-4-11-7)8(7,9)10/h5,11H,2-4H2,1H3. The van der Waals surface area contributed by atoms with Gasteiger partial charge in [-0.15, -0.1) is 0 Å². The molecular formula is C8H11F2NO2. The Morgan fingerprint density at radius 1 is 1.69 bits per heavy atom. The second kappa shape index (κ2) is 2.41. The first-order chi connectivity index (χ1) is 6.07. The average molecular weight is 191 g/mol. The summed E-state index contributed by atoms with van der Waals surface area (Å²) in [5.74, 6) is -4.56. The quantitative estimate of drug-likeness (QED) is 0.647. The van der Waals surface area contributed by atoms with Crippen molar-refractivity contribution in [1.29, 1.82) is 0 Å². The van der Waals surface area contributed by atoms with Crippen LogP contribution in [0.15, 0.2) is 0 Å². The second-order valence-electron chi connectivity index (χ2n) is 3.42. The van der Waals surface area contributed by atoms with Crippen molar-refractivity contribution in [1.82, 2.24) is 5.32 Å². The number of fused-ring (bicyclic) bond motifs is 1. The molecule has 1 saturated heterocycles. The summed E-state index contributed by atoms with van der Waals surface area (Å²) in [6.07, 6.45) is 0.353. The van der Waals surface area contributed by atoms with Crippen molar-refractivity contribution in [2.24, 2.45) is 5.92 Å². The van der Waals surface area contributed by atoms with Crippen molar-refractivity contribution >= 4 is 5.97 Å². The minimum atomic E-state index is -2.91. The SMILES string of the molecule is CCOC(=O)C12NCCC1C2(F)F. The summed E-state index contributed by atoms with van der Waals surface area (Å²) in [7, 11) is 0. The number of carbonyl (C=O) groups is 1. The van der Waals surface area contributed by atoms with Crippen molar-refractivity contribution < 1.29 is 18.3 Å². The van der Waals surface area contributed by atoms with E-state index in [1.54, 1.807) is 6.92 Å². The van der Waals surface area contributed by atoms with E-state index in [2.05, 4.69) is 10.1 Å². The fourth-order valence-corrected chi connectivity index (χ4v) is 2.12. The van der Waals surface area contributed by atoms with Crippen LogP contribution in [0.2, 0.25) is 0 Å². The molecule has 2 rings (SSSR count). The van der Waals surface area contributed by atoms with Crippen molar-refractivity contribution in [2.45, 2.75) is 24.8 Å². The number of rotatable bonds is 2. The minimum absolute atomic E-state index is 0.144. The number of alkyl halides is 2. The molecule has 2 unspecified atom stereocenters. The van der Waals surface area contributed by atoms with E-state index in [-0.39, 0.29) is 6.61 Å². The van der Waals surface area contributed by atoms with Gasteiger partial charge in [-0.25, -0.2) is 13.6 Å². The summed E-state index contributed by atoms with van der Waals surface area (Å²) in [5.41, 5.74) is -1.68. The number of ether oxygens (including phenoxy) is 1. The zero-order valence-electron chi connectivity index (χ0n) is 7.27. The predicted octanol–water partition coefficient (Wildman–Crippen LogP) is 0.547. The van der Waals surface area contributed by atoms with Crippen LogP contribution in [-0.4, -0.2) is 30.6 Å². The summed E-state index contributed by atoms with van der Waals surface area (Å²) >= 11 is 0. The molecule has 5 heteroatoms. The Labute approximate surface area is 74.4 Å². The topological polar surface area (TPSA) is 38.3 Å². The second-order valence-corrected chi connectivity index (χ2v) is 3.42. The summed E-state index contributed by atoms with van der Waals surface area (Å²) in [6, 6.07) is 0. The molecule has 0 radical (unpaired) electrons. The Hall–Kier alpha value is -0.710. The monoisotopic (exact) mass is 191 g/mol. The van der Waals surface area contributed by atoms with Crippen LogP contribution in [0.3, 0.4) is 0 Å². The van der Waals surface area contributed by atoms with E-state index in [0.29, 0.717) is 13.0 Å². The van der Waals surface area contributed by atoms with Gasteiger partial charge >= 0.3 is 5.97 Å². The zero-order valence-corrected chi connectivity index (χ0v) is 7.27. The molecule has 74 valence electrons. The largest absolute Gasteiger partial charge is 0.464 e. The number of piperidine rings is 1. The van der Waals surface area contributed by atoms with Crippen LogP contribution in [0.4, 0.5) is 8.78 Å². The van der Waals surface area contributed by atoms with Crippen LogP contribution >= 0.6 is 0 Å². The predicted molar refractivity (Wildman–Crippen MR) is 40.4 cm³/mol. The zero-order chi connectivity index (χ0) is 9.69. The molecule has 1 aliphatic carbocycles. The van der Waals surface area contributed by atoms with Crippen LogP contribution in [0.5, 0.6) is 0 Å². The third-order valence-corrected chi connectivity index (χ3v) is 2.84. The summed E-state index contributed by atoms with van der Waals surface area (Å²) < 4.78 is 30.8. The number of halogens is 2. The molecule has 2 fully saturated rings. The number of nitrogens with one attached hydrogen (secondary N) is 1. The van der Waals surface area contributed by atoms with Gasteiger partial charge in [0.15, 0.2) is 5.54 Å². The van der Waals surface area contributed by atoms with Crippen molar-refractivity contribution in [3.63, 3.8) is 0 Å². The highest BCUT2D eigenvalue weighted by molar-refractivity contribution is 5.88. The lowest BCUT2D eigenvalue weighted by atomic mass is 10.2. The van der Waals surface area contributed by atoms with Crippen LogP contribution in [-0.2, 0) is 9.53 Å². The van der Waals surface area contributed by atoms with Gasteiger partial charge in [0.25, 0.3) is 5.92 Å². The van der Waals surface area contributed by atoms with Crippen LogP contribution < -0.4 is 5.32 Å². The smallest absolute Gasteiger partial charge is 0.333 e. The molecule has 1 heterocycles. The van der Waals surface area contributed by atoms with Gasteiger partial charge in [-0.2, -0.15) is 0 Å². The maximum Gasteiger partial charge on any atom is 0.333 e. The molecule has 0 aromatic rings. The fraction of sp³-hybridized carbons (Fsp3) is 0.875. The maximum atomic E-state index is 13.1. The highest BCUT2D eigenvalue weighted by Crippen LogP contribution is 2.63. The van der Waals surface area contributed by atoms with Gasteiger partial charge in [0.1, 0.15) is 0 Å². The molecule has 2 atom stereocenters. The molecular weight excluding hydrogens is 180 g/mol. The lowest BCUT2D eigenvalue weighted by Gasteiger charge is -2.13. The van der Waals surface area contributed by atoms with E-state index in [4.69, 9.17) is 0 Å². The first-order valence-corrected chi connectivity index (χ1v) is 4.37. The van der Waals surface area contributed by atoms with Crippen LogP contribution in [0, 0.1) is 5.92 Å². The molecule has 1 N–H and O–H groups in total. The van der Waals surface area contributed by atoms with Crippen molar-refractivity contribution in [3.05, 3.63) is 0 Å². The first-order valence-electron chi connectivity index (χ1n) is 4.37. The lowest BCUT2D eigenvalue weighted by Crippen LogP contribution is -2.44. The minimum Gasteiger partial charge on any atom is -0.464 e. The van der Waals surface area contributed by atoms with E-state index >= 15 is 0 Å². The number of carbonyl (C=O) groups excluding carboxylic acids is 1. The number of hydrogen-bond donors (Lipinski definition) is 1. The molecule has 0 spiro atoms. The molecule has 1 saturated carbocycles. The van der Waals surface area contributed by atoms with Gasteiger partial charge in [-0.1, -0.05) is 0 Å². The van der Waals surface area contributed by atoms with Gasteiger partial charge in [0.05, 0.1) is 12.5 Å². The Kier molecular flexibility index (Phi) is 1.64. The number of hydrogen-bond acceptors (Lipinski definition) is 3. The van der Waals surface area contributed by atoms with E-state index in [9.17, 15) is 13.6 Å². The third kappa shape index (κ3) is 0.829. The summed E-state index contributed by atoms with van der Waals surface area (Å²) in [5, 5.41) is 2.56. The van der Waals surface area contributed by atoms with E-state index in [1.807, 2.05) is 0 Å². The summed E-state index contributed by atoms with van der Waals surface area (Å²) in [4.78, 5) is 11.3. The van der Waals surface area contributed by atoms with E-state index in [1.165, 1.54) is 0 Å². The molecule has 3 nitrogen and oxygen atoms in total. The van der Waals surface area contributed by atoms with Crippen LogP contribution in [0.1, 0.15) is 13.3 Å². The van der Waals surface area contributed by atoms with E-state index < -0.39 is 23.3 Å². The van der Waals surface area contributed by atoms with Crippen molar-refractivity contribution in [2.75, 3.05) is 13.2 Å². The fourth-order valence-electron chi connectivity index (χ4n) is 2.12. The first kappa shape index (κ1) is 8.87. The Balaban J connectivity index is 2.17.